The van der Waals surface area contributed by atoms with Crippen LogP contribution in [0.5, 0.6) is 0 Å². The van der Waals surface area contributed by atoms with E-state index in [1.54, 1.807) is 23.5 Å². The number of rotatable bonds is 4. The number of fused-ring (bicyclic) bond motifs is 1. The lowest BCUT2D eigenvalue weighted by Crippen LogP contribution is -2.46. The van der Waals surface area contributed by atoms with Crippen molar-refractivity contribution in [1.82, 2.24) is 9.88 Å². The summed E-state index contributed by atoms with van der Waals surface area (Å²) in [6, 6.07) is 12.5. The molecule has 1 saturated heterocycles. The normalized spacial score (nSPS) is 19.3. The molecule has 3 aromatic rings. The highest BCUT2D eigenvalue weighted by molar-refractivity contribution is 7.18. The van der Waals surface area contributed by atoms with Crippen molar-refractivity contribution in [1.29, 1.82) is 0 Å². The average Bonchev–Trinajstić information content (AvgIpc) is 3.07. The molecular weight excluding hydrogens is 403 g/mol. The van der Waals surface area contributed by atoms with Crippen molar-refractivity contribution in [3.8, 4) is 0 Å². The second-order valence-corrected chi connectivity index (χ2v) is 8.58. The lowest BCUT2D eigenvalue weighted by Gasteiger charge is -2.38. The summed E-state index contributed by atoms with van der Waals surface area (Å²) in [7, 11) is 0. The highest BCUT2D eigenvalue weighted by atomic mass is 35.5. The number of likely N-dealkylation sites (tertiary alicyclic amines) is 1. The molecule has 27 heavy (non-hydrogen) atoms. The third-order valence-electron chi connectivity index (χ3n) is 4.96. The molecule has 1 aliphatic heterocycles. The van der Waals surface area contributed by atoms with Crippen molar-refractivity contribution in [2.75, 3.05) is 6.54 Å². The Morgan fingerprint density at radius 1 is 1.22 bits per heavy atom. The maximum Gasteiger partial charge on any atom is 0.320 e. The molecule has 2 heterocycles. The van der Waals surface area contributed by atoms with E-state index in [4.69, 9.17) is 28.2 Å². The van der Waals surface area contributed by atoms with Crippen LogP contribution in [0.15, 0.2) is 42.5 Å². The molecule has 0 aliphatic carbocycles. The summed E-state index contributed by atoms with van der Waals surface area (Å²) in [6.07, 6.45) is 2.49. The van der Waals surface area contributed by atoms with Gasteiger partial charge in [0.1, 0.15) is 11.0 Å². The maximum absolute atomic E-state index is 11.9. The van der Waals surface area contributed by atoms with Gasteiger partial charge in [-0.05, 0) is 42.7 Å². The molecule has 140 valence electrons. The molecule has 2 aromatic carbocycles. The number of nitrogens with zero attached hydrogens (tertiary/aromatic N) is 2. The summed E-state index contributed by atoms with van der Waals surface area (Å²) in [5.41, 5.74) is 1.75. The fourth-order valence-electron chi connectivity index (χ4n) is 3.71. The van der Waals surface area contributed by atoms with Gasteiger partial charge in [-0.25, -0.2) is 4.98 Å². The largest absolute Gasteiger partial charge is 0.480 e. The fraction of sp³-hybridized carbons (Fsp3) is 0.300. The van der Waals surface area contributed by atoms with Crippen molar-refractivity contribution in [2.45, 2.75) is 31.3 Å². The van der Waals surface area contributed by atoms with E-state index in [-0.39, 0.29) is 6.04 Å². The SMILES string of the molecule is O=C(O)C1CCCCN1C(c1nc2ccccc2s1)c1ccc(Cl)cc1Cl. The number of hydrogen-bond donors (Lipinski definition) is 1. The molecule has 0 amide bonds. The monoisotopic (exact) mass is 420 g/mol. The Labute approximate surface area is 171 Å². The maximum atomic E-state index is 11.9. The number of carboxylic acid groups (broad SMARTS) is 1. The molecule has 1 aromatic heterocycles. The molecule has 1 N–H and O–H groups in total. The van der Waals surface area contributed by atoms with E-state index in [2.05, 4.69) is 0 Å². The first-order valence-corrected chi connectivity index (χ1v) is 10.4. The van der Waals surface area contributed by atoms with Gasteiger partial charge in [-0.1, -0.05) is 47.8 Å². The Balaban J connectivity index is 1.87. The summed E-state index contributed by atoms with van der Waals surface area (Å²) in [5, 5.41) is 11.7. The van der Waals surface area contributed by atoms with Crippen LogP contribution in [0.25, 0.3) is 10.2 Å². The van der Waals surface area contributed by atoms with E-state index < -0.39 is 12.0 Å². The Hall–Kier alpha value is -1.66. The molecule has 1 fully saturated rings. The minimum Gasteiger partial charge on any atom is -0.480 e. The van der Waals surface area contributed by atoms with Crippen molar-refractivity contribution in [2.24, 2.45) is 0 Å². The van der Waals surface area contributed by atoms with Crippen molar-refractivity contribution >= 4 is 50.7 Å². The van der Waals surface area contributed by atoms with E-state index in [9.17, 15) is 9.90 Å². The Morgan fingerprint density at radius 2 is 2.04 bits per heavy atom. The van der Waals surface area contributed by atoms with Gasteiger partial charge in [-0.3, -0.25) is 9.69 Å². The smallest absolute Gasteiger partial charge is 0.320 e. The molecule has 0 saturated carbocycles. The van der Waals surface area contributed by atoms with Gasteiger partial charge in [0.15, 0.2) is 0 Å². The lowest BCUT2D eigenvalue weighted by molar-refractivity contribution is -0.145. The topological polar surface area (TPSA) is 53.4 Å². The van der Waals surface area contributed by atoms with Crippen molar-refractivity contribution in [3.63, 3.8) is 0 Å². The van der Waals surface area contributed by atoms with Gasteiger partial charge in [0.05, 0.1) is 16.3 Å². The van der Waals surface area contributed by atoms with Crippen molar-refractivity contribution < 1.29 is 9.90 Å². The van der Waals surface area contributed by atoms with Crippen LogP contribution in [0.3, 0.4) is 0 Å². The van der Waals surface area contributed by atoms with E-state index >= 15 is 0 Å². The number of benzene rings is 2. The fourth-order valence-corrected chi connectivity index (χ4v) is 5.33. The van der Waals surface area contributed by atoms with Crippen LogP contribution in [0.4, 0.5) is 0 Å². The molecular formula is C20H18Cl2N2O2S. The summed E-state index contributed by atoms with van der Waals surface area (Å²) < 4.78 is 1.08. The number of hydrogen-bond acceptors (Lipinski definition) is 4. The summed E-state index contributed by atoms with van der Waals surface area (Å²) in [4.78, 5) is 18.8. The number of halogens is 2. The van der Waals surface area contributed by atoms with Crippen LogP contribution >= 0.6 is 34.5 Å². The summed E-state index contributed by atoms with van der Waals surface area (Å²) in [6.45, 7) is 0.691. The molecule has 0 radical (unpaired) electrons. The number of thiazole rings is 1. The van der Waals surface area contributed by atoms with Crippen LogP contribution < -0.4 is 0 Å². The standard InChI is InChI=1S/C20H18Cl2N2O2S/c21-12-8-9-13(14(22)11-12)18(24-10-4-3-6-16(24)20(25)26)19-23-15-5-1-2-7-17(15)27-19/h1-2,5,7-9,11,16,18H,3-4,6,10H2,(H,25,26). The van der Waals surface area contributed by atoms with E-state index in [0.717, 1.165) is 33.6 Å². The van der Waals surface area contributed by atoms with Gasteiger partial charge in [0.25, 0.3) is 0 Å². The average molecular weight is 421 g/mol. The van der Waals surface area contributed by atoms with Crippen molar-refractivity contribution in [3.05, 3.63) is 63.1 Å². The van der Waals surface area contributed by atoms with Gasteiger partial charge in [-0.2, -0.15) is 0 Å². The zero-order valence-electron chi connectivity index (χ0n) is 14.4. The van der Waals surface area contributed by atoms with E-state index in [0.29, 0.717) is 23.0 Å². The number of aliphatic carboxylic acids is 1. The number of piperidine rings is 1. The third-order valence-corrected chi connectivity index (χ3v) is 6.61. The first kappa shape index (κ1) is 18.7. The van der Waals surface area contributed by atoms with Gasteiger partial charge in [0, 0.05) is 16.6 Å². The van der Waals surface area contributed by atoms with Gasteiger partial charge < -0.3 is 5.11 Å². The molecule has 0 bridgehead atoms. The minimum atomic E-state index is -0.800. The second-order valence-electron chi connectivity index (χ2n) is 6.68. The molecule has 4 nitrogen and oxygen atoms in total. The zero-order chi connectivity index (χ0) is 19.0. The van der Waals surface area contributed by atoms with Gasteiger partial charge in [-0.15, -0.1) is 11.3 Å². The highest BCUT2D eigenvalue weighted by Crippen LogP contribution is 2.40. The van der Waals surface area contributed by atoms with Crippen LogP contribution in [0, 0.1) is 0 Å². The number of carbonyl (C=O) groups is 1. The summed E-state index contributed by atoms with van der Waals surface area (Å²) >= 11 is 14.2. The number of aromatic nitrogens is 1. The number of carboxylic acids is 1. The molecule has 4 rings (SSSR count). The molecule has 1 aliphatic rings. The first-order chi connectivity index (χ1) is 13.0. The Bertz CT molecular complexity index is 958. The first-order valence-electron chi connectivity index (χ1n) is 8.83. The van der Waals surface area contributed by atoms with Gasteiger partial charge >= 0.3 is 5.97 Å². The van der Waals surface area contributed by atoms with Crippen LogP contribution in [-0.4, -0.2) is 33.5 Å². The molecule has 7 heteroatoms. The number of para-hydroxylation sites is 1. The quantitative estimate of drug-likeness (QED) is 0.593. The third kappa shape index (κ3) is 3.69. The minimum absolute atomic E-state index is 0.312. The van der Waals surface area contributed by atoms with Crippen LogP contribution in [-0.2, 0) is 4.79 Å². The second kappa shape index (κ2) is 7.76. The summed E-state index contributed by atoms with van der Waals surface area (Å²) in [5.74, 6) is -0.800. The molecule has 2 unspecified atom stereocenters. The Kier molecular flexibility index (Phi) is 5.37. The van der Waals surface area contributed by atoms with Crippen LogP contribution in [0.2, 0.25) is 10.0 Å². The Morgan fingerprint density at radius 3 is 2.78 bits per heavy atom. The lowest BCUT2D eigenvalue weighted by atomic mass is 9.96. The predicted molar refractivity (Wildman–Crippen MR) is 110 cm³/mol. The van der Waals surface area contributed by atoms with Crippen LogP contribution in [0.1, 0.15) is 35.9 Å². The van der Waals surface area contributed by atoms with E-state index in [1.165, 1.54) is 0 Å². The van der Waals surface area contributed by atoms with E-state index in [1.807, 2.05) is 35.2 Å². The molecule has 0 spiro atoms. The zero-order valence-corrected chi connectivity index (χ0v) is 16.8. The predicted octanol–water partition coefficient (Wildman–Crippen LogP) is 5.63. The van der Waals surface area contributed by atoms with Gasteiger partial charge in [0.2, 0.25) is 0 Å². The molecule has 2 atom stereocenters. The highest BCUT2D eigenvalue weighted by Gasteiger charge is 2.37.